The van der Waals surface area contributed by atoms with Gasteiger partial charge >= 0.3 is 0 Å². The highest BCUT2D eigenvalue weighted by molar-refractivity contribution is 6.38. The molecule has 73 heavy (non-hydrogen) atoms. The van der Waals surface area contributed by atoms with Crippen LogP contribution in [0.5, 0.6) is 0 Å². The Kier molecular flexibility index (Phi) is 24.2. The van der Waals surface area contributed by atoms with Crippen LogP contribution in [0, 0.1) is 35.5 Å². The van der Waals surface area contributed by atoms with E-state index in [2.05, 4.69) is 16.9 Å². The number of rotatable bonds is 11. The van der Waals surface area contributed by atoms with E-state index < -0.39 is 71.8 Å². The molecule has 1 amide bonds. The van der Waals surface area contributed by atoms with Gasteiger partial charge in [0, 0.05) is 63.8 Å². The minimum atomic E-state index is -2.37. The smallest absolute Gasteiger partial charge is 0.296 e. The number of allylic oxidation sites excluding steroid dienone is 6. The normalized spacial score (nSPS) is 37.3. The van der Waals surface area contributed by atoms with Crippen molar-refractivity contribution in [2.45, 2.75) is 187 Å². The SMILES string of the molecule is CO[C@@H]1C[C@H](C[C@@H](C)[C@@H]2CC(=O)[C@H](C)/C=C(\C)[C@@H](O)[C@@H](OC)C(=O)[C@H](C)C[C@H](C)/C=C/C=C/C=C(\C)[C@H](OCc3cnccn3)C[C@@H]3CC[C@@H](C)[C@@](O)(O3)C(=O)C(=O)N3CCCC[C@H]3CO2)CC[C@H]1OCCO. The molecule has 2 saturated heterocycles. The fourth-order valence-electron chi connectivity index (χ4n) is 11.1. The van der Waals surface area contributed by atoms with Gasteiger partial charge < -0.3 is 48.6 Å². The Labute approximate surface area is 434 Å². The summed E-state index contributed by atoms with van der Waals surface area (Å²) in [4.78, 5) is 67.2. The van der Waals surface area contributed by atoms with Crippen LogP contribution in [0.3, 0.4) is 0 Å². The van der Waals surface area contributed by atoms with Crippen LogP contribution >= 0.6 is 0 Å². The summed E-state index contributed by atoms with van der Waals surface area (Å²) in [6, 6.07) is -0.500. The molecule has 1 aliphatic carbocycles. The first-order chi connectivity index (χ1) is 34.9. The van der Waals surface area contributed by atoms with E-state index in [0.717, 1.165) is 37.7 Å². The summed E-state index contributed by atoms with van der Waals surface area (Å²) in [5.41, 5.74) is 1.94. The molecule has 0 aromatic carbocycles. The number of methoxy groups -OCH3 is 2. The van der Waals surface area contributed by atoms with Gasteiger partial charge in [0.25, 0.3) is 11.7 Å². The summed E-state index contributed by atoms with van der Waals surface area (Å²) in [7, 11) is 3.08. The maximum absolute atomic E-state index is 14.5. The molecule has 0 spiro atoms. The average molecular weight is 1020 g/mol. The number of ketones is 3. The zero-order valence-corrected chi connectivity index (χ0v) is 45.1. The molecule has 0 unspecified atom stereocenters. The number of carbonyl (C=O) groups is 4. The van der Waals surface area contributed by atoms with Crippen molar-refractivity contribution in [3.63, 3.8) is 0 Å². The van der Waals surface area contributed by atoms with Gasteiger partial charge in [-0.1, -0.05) is 71.1 Å². The molecule has 4 heterocycles. The van der Waals surface area contributed by atoms with Crippen LogP contribution in [0.4, 0.5) is 0 Å². The second-order valence-corrected chi connectivity index (χ2v) is 21.5. The topological polar surface area (TPSA) is 213 Å². The standard InChI is InChI=1S/C57H87N3O13/c1-36-15-11-10-12-16-37(2)49(71-34-44-33-58-22-23-59-44)31-46-20-18-42(7)57(67,73-46)55(65)56(66)60-24-14-13-17-45(60)35-72-50(39(4)29-43-19-21-48(70-26-25-61)51(30-43)68-8)32-47(62)38(3)28-41(6)53(64)54(69-9)52(63)40(5)27-36/h10-12,15-16,22-23,28,33,36,38-40,42-43,45-46,48-51,53-54,61,64,67H,13-14,17-21,24-27,29-32,34-35H2,1-9H3/b12-10+,15-11+,37-16+,41-28+/t36-,38-,39-,40-,42-,43+,45+,46+,48-,49-,50+,51-,53-,54+,57-/m1/s1. The highest BCUT2D eigenvalue weighted by atomic mass is 16.6. The summed E-state index contributed by atoms with van der Waals surface area (Å²) in [5, 5.41) is 33.1. The molecular formula is C57H87N3O13. The van der Waals surface area contributed by atoms with E-state index in [1.807, 2.05) is 51.2 Å². The van der Waals surface area contributed by atoms with Crippen LogP contribution in [0.25, 0.3) is 0 Å². The summed E-state index contributed by atoms with van der Waals surface area (Å²) < 4.78 is 37.0. The molecule has 0 radical (unpaired) electrons. The van der Waals surface area contributed by atoms with Crippen molar-refractivity contribution in [1.82, 2.24) is 14.9 Å². The summed E-state index contributed by atoms with van der Waals surface area (Å²) >= 11 is 0. The van der Waals surface area contributed by atoms with E-state index in [1.165, 1.54) is 12.0 Å². The van der Waals surface area contributed by atoms with Gasteiger partial charge in [0.05, 0.1) is 74.9 Å². The second-order valence-electron chi connectivity index (χ2n) is 21.5. The van der Waals surface area contributed by atoms with Crippen molar-refractivity contribution >= 4 is 23.3 Å². The lowest BCUT2D eigenvalue weighted by molar-refractivity contribution is -0.266. The highest BCUT2D eigenvalue weighted by Crippen LogP contribution is 2.38. The summed E-state index contributed by atoms with van der Waals surface area (Å²) in [6.07, 6.45) is 18.7. The molecule has 1 aromatic heterocycles. The van der Waals surface area contributed by atoms with E-state index >= 15 is 0 Å². The van der Waals surface area contributed by atoms with E-state index in [1.54, 1.807) is 52.5 Å². The van der Waals surface area contributed by atoms with Gasteiger partial charge in [-0.05, 0) is 107 Å². The minimum absolute atomic E-state index is 0.0107. The monoisotopic (exact) mass is 1020 g/mol. The summed E-state index contributed by atoms with van der Waals surface area (Å²) in [6.45, 7) is 13.8. The van der Waals surface area contributed by atoms with Gasteiger partial charge in [-0.3, -0.25) is 29.1 Å². The Bertz CT molecular complexity index is 2050. The van der Waals surface area contributed by atoms with Gasteiger partial charge in [0.15, 0.2) is 5.78 Å². The lowest BCUT2D eigenvalue weighted by Crippen LogP contribution is -2.60. The number of hydrogen-bond acceptors (Lipinski definition) is 15. The van der Waals surface area contributed by atoms with E-state index in [9.17, 15) is 34.5 Å². The quantitative estimate of drug-likeness (QED) is 0.150. The van der Waals surface area contributed by atoms with Gasteiger partial charge in [0.1, 0.15) is 18.0 Å². The molecular weight excluding hydrogens is 935 g/mol. The number of ether oxygens (including phenoxy) is 6. The Morgan fingerprint density at radius 2 is 1.67 bits per heavy atom. The maximum Gasteiger partial charge on any atom is 0.296 e. The van der Waals surface area contributed by atoms with Gasteiger partial charge in [-0.2, -0.15) is 0 Å². The third-order valence-corrected chi connectivity index (χ3v) is 15.7. The van der Waals surface area contributed by atoms with Gasteiger partial charge in [0.2, 0.25) is 5.79 Å². The van der Waals surface area contributed by atoms with Crippen molar-refractivity contribution < 1.29 is 62.9 Å². The first-order valence-electron chi connectivity index (χ1n) is 26.9. The molecule has 3 fully saturated rings. The number of aliphatic hydroxyl groups excluding tert-OH is 2. The second kappa shape index (κ2) is 29.5. The number of aliphatic hydroxyl groups is 3. The minimum Gasteiger partial charge on any atom is -0.394 e. The number of piperidine rings is 1. The Morgan fingerprint density at radius 3 is 2.38 bits per heavy atom. The van der Waals surface area contributed by atoms with E-state index in [0.29, 0.717) is 56.3 Å². The lowest BCUT2D eigenvalue weighted by Gasteiger charge is -2.43. The number of carbonyl (C=O) groups excluding carboxylic acids is 4. The van der Waals surface area contributed by atoms with Gasteiger partial charge in [-0.15, -0.1) is 0 Å². The van der Waals surface area contributed by atoms with Gasteiger partial charge in [-0.25, -0.2) is 0 Å². The maximum atomic E-state index is 14.5. The molecule has 16 nitrogen and oxygen atoms in total. The number of Topliss-reactive ketones (excluding diaryl/α,β-unsaturated/α-hetero) is 3. The zero-order chi connectivity index (χ0) is 53.2. The molecule has 15 atom stereocenters. The van der Waals surface area contributed by atoms with Crippen LogP contribution in [0.1, 0.15) is 131 Å². The Hall–Kier alpha value is -3.84. The Balaban J connectivity index is 1.46. The number of hydrogen-bond donors (Lipinski definition) is 3. The van der Waals surface area contributed by atoms with Crippen molar-refractivity contribution in [2.75, 3.05) is 40.6 Å². The molecule has 16 heteroatoms. The van der Waals surface area contributed by atoms with Crippen molar-refractivity contribution in [3.05, 3.63) is 71.9 Å². The predicted octanol–water partition coefficient (Wildman–Crippen LogP) is 7.03. The zero-order valence-electron chi connectivity index (χ0n) is 45.1. The number of aromatic nitrogens is 2. The van der Waals surface area contributed by atoms with Crippen LogP contribution < -0.4 is 0 Å². The van der Waals surface area contributed by atoms with Crippen molar-refractivity contribution in [2.24, 2.45) is 35.5 Å². The number of fused-ring (bicyclic) bond motifs is 3. The molecule has 4 aliphatic rings. The molecule has 408 valence electrons. The fourth-order valence-corrected chi connectivity index (χ4v) is 11.1. The fraction of sp³-hybridized carbons (Fsp3) is 0.719. The van der Waals surface area contributed by atoms with Crippen LogP contribution in [0.15, 0.2) is 66.2 Å². The molecule has 1 aromatic rings. The average Bonchev–Trinajstić information content (AvgIpc) is 3.38. The van der Waals surface area contributed by atoms with Crippen molar-refractivity contribution in [1.29, 1.82) is 0 Å². The first kappa shape index (κ1) is 60.0. The summed E-state index contributed by atoms with van der Waals surface area (Å²) in [5.74, 6) is -6.16. The largest absolute Gasteiger partial charge is 0.394 e. The Morgan fingerprint density at radius 1 is 0.890 bits per heavy atom. The molecule has 5 rings (SSSR count). The van der Waals surface area contributed by atoms with E-state index in [4.69, 9.17) is 28.4 Å². The van der Waals surface area contributed by atoms with E-state index in [-0.39, 0.29) is 74.4 Å². The predicted molar refractivity (Wildman–Crippen MR) is 276 cm³/mol. The van der Waals surface area contributed by atoms with Crippen molar-refractivity contribution in [3.8, 4) is 0 Å². The van der Waals surface area contributed by atoms with Crippen LogP contribution in [-0.4, -0.2) is 149 Å². The molecule has 3 N–H and O–H groups in total. The molecule has 2 bridgehead atoms. The number of amides is 1. The van der Waals surface area contributed by atoms with Crippen LogP contribution in [0.2, 0.25) is 0 Å². The molecule has 1 saturated carbocycles. The molecule has 3 aliphatic heterocycles. The third kappa shape index (κ3) is 17.1. The third-order valence-electron chi connectivity index (χ3n) is 15.7. The first-order valence-corrected chi connectivity index (χ1v) is 26.9. The van der Waals surface area contributed by atoms with Crippen LogP contribution in [-0.2, 0) is 54.2 Å². The lowest BCUT2D eigenvalue weighted by atomic mass is 9.78. The highest BCUT2D eigenvalue weighted by Gasteiger charge is 2.52. The number of nitrogens with zero attached hydrogens (tertiary/aromatic N) is 3.